The first-order chi connectivity index (χ1) is 12.5. The Hall–Kier alpha value is -0.878. The van der Waals surface area contributed by atoms with Crippen LogP contribution in [0.5, 0.6) is 0 Å². The normalized spacial score (nSPS) is 24.9. The van der Waals surface area contributed by atoms with Crippen molar-refractivity contribution in [1.82, 2.24) is 0 Å². The number of hydrogen-bond donors (Lipinski definition) is 1. The van der Waals surface area contributed by atoms with Crippen molar-refractivity contribution in [1.29, 1.82) is 0 Å². The number of benzene rings is 1. The highest BCUT2D eigenvalue weighted by molar-refractivity contribution is 6.96. The summed E-state index contributed by atoms with van der Waals surface area (Å²) >= 11 is 0. The van der Waals surface area contributed by atoms with E-state index in [2.05, 4.69) is 77.1 Å². The summed E-state index contributed by atoms with van der Waals surface area (Å²) in [5.74, 6) is 2.13. The Morgan fingerprint density at radius 3 is 2.00 bits per heavy atom. The van der Waals surface area contributed by atoms with Crippen LogP contribution in [-0.2, 0) is 9.31 Å². The summed E-state index contributed by atoms with van der Waals surface area (Å²) in [6, 6.07) is 10.7. The molecule has 1 saturated carbocycles. The summed E-state index contributed by atoms with van der Waals surface area (Å²) in [5.41, 5.74) is -1.48. The molecule has 1 aromatic carbocycles. The zero-order chi connectivity index (χ0) is 19.9. The number of hydrogen-bond acceptors (Lipinski definition) is 3. The second-order valence-electron chi connectivity index (χ2n) is 9.79. The molecule has 1 aliphatic carbocycles. The smallest absolute Gasteiger partial charge is 0.400 e. The standard InChI is InChI=1S/C22H35BO3Si/c1-20(2)21(3,4)26-23(25-20)17-19(22(24)15-11-8-12-16-22)27(5,6)18-13-9-7-10-14-18/h7,9-10,13-14,17,24H,8,11-12,15-16H2,1-6H3/b19-17-. The Balaban J connectivity index is 2.04. The van der Waals surface area contributed by atoms with Gasteiger partial charge in [0.25, 0.3) is 0 Å². The molecule has 27 heavy (non-hydrogen) atoms. The lowest BCUT2D eigenvalue weighted by Gasteiger charge is -2.42. The number of rotatable bonds is 4. The molecule has 0 amide bonds. The first-order valence-electron chi connectivity index (χ1n) is 10.3. The summed E-state index contributed by atoms with van der Waals surface area (Å²) in [4.78, 5) is 0. The van der Waals surface area contributed by atoms with Crippen LogP contribution in [-0.4, -0.2) is 37.1 Å². The molecule has 0 unspecified atom stereocenters. The van der Waals surface area contributed by atoms with Crippen LogP contribution in [0.25, 0.3) is 0 Å². The van der Waals surface area contributed by atoms with Crippen molar-refractivity contribution < 1.29 is 14.4 Å². The highest BCUT2D eigenvalue weighted by atomic mass is 28.3. The minimum Gasteiger partial charge on any atom is -0.400 e. The third kappa shape index (κ3) is 3.98. The molecular weight excluding hydrogens is 351 g/mol. The van der Waals surface area contributed by atoms with Crippen LogP contribution in [0.15, 0.2) is 41.5 Å². The highest BCUT2D eigenvalue weighted by Gasteiger charge is 2.52. The third-order valence-corrected chi connectivity index (χ3v) is 10.7. The molecule has 0 atom stereocenters. The molecule has 3 rings (SSSR count). The van der Waals surface area contributed by atoms with Gasteiger partial charge in [0, 0.05) is 0 Å². The molecular formula is C22H35BO3Si. The van der Waals surface area contributed by atoms with Gasteiger partial charge in [-0.2, -0.15) is 0 Å². The molecule has 0 radical (unpaired) electrons. The van der Waals surface area contributed by atoms with E-state index < -0.39 is 20.8 Å². The van der Waals surface area contributed by atoms with Gasteiger partial charge in [-0.25, -0.2) is 0 Å². The second kappa shape index (κ2) is 7.18. The van der Waals surface area contributed by atoms with Crippen molar-refractivity contribution in [2.24, 2.45) is 0 Å². The van der Waals surface area contributed by atoms with E-state index in [1.807, 2.05) is 0 Å². The molecule has 0 aromatic heterocycles. The predicted octanol–water partition coefficient (Wildman–Crippen LogP) is 4.39. The van der Waals surface area contributed by atoms with Crippen LogP contribution in [0.2, 0.25) is 13.1 Å². The zero-order valence-corrected chi connectivity index (χ0v) is 18.8. The molecule has 148 valence electrons. The van der Waals surface area contributed by atoms with Gasteiger partial charge in [0.1, 0.15) is 8.07 Å². The maximum Gasteiger partial charge on any atom is 0.486 e. The summed E-state index contributed by atoms with van der Waals surface area (Å²) < 4.78 is 12.5. The van der Waals surface area contributed by atoms with Gasteiger partial charge in [0.05, 0.1) is 16.8 Å². The molecule has 0 spiro atoms. The first kappa shape index (κ1) is 20.8. The van der Waals surface area contributed by atoms with Crippen molar-refractivity contribution in [3.05, 3.63) is 41.5 Å². The molecule has 1 heterocycles. The average Bonchev–Trinajstić information content (AvgIpc) is 2.81. The molecule has 5 heteroatoms. The Morgan fingerprint density at radius 1 is 0.963 bits per heavy atom. The SMILES string of the molecule is CC1(C)OB(/C=C(/C2(O)CCCCC2)[Si](C)(C)c2ccccc2)OC1(C)C. The third-order valence-electron chi connectivity index (χ3n) is 6.93. The predicted molar refractivity (Wildman–Crippen MR) is 116 cm³/mol. The lowest BCUT2D eigenvalue weighted by atomic mass is 9.80. The van der Waals surface area contributed by atoms with Crippen molar-refractivity contribution in [2.75, 3.05) is 0 Å². The van der Waals surface area contributed by atoms with Crippen LogP contribution >= 0.6 is 0 Å². The fraction of sp³-hybridized carbons (Fsp3) is 0.636. The summed E-state index contributed by atoms with van der Waals surface area (Å²) in [5, 5.41) is 14.2. The van der Waals surface area contributed by atoms with E-state index >= 15 is 0 Å². The second-order valence-corrected chi connectivity index (χ2v) is 14.2. The van der Waals surface area contributed by atoms with Gasteiger partial charge < -0.3 is 14.4 Å². The van der Waals surface area contributed by atoms with Crippen LogP contribution < -0.4 is 5.19 Å². The highest BCUT2D eigenvalue weighted by Crippen LogP contribution is 2.41. The summed E-state index contributed by atoms with van der Waals surface area (Å²) in [7, 11) is -2.49. The van der Waals surface area contributed by atoms with E-state index in [0.717, 1.165) is 25.7 Å². The molecule has 1 aromatic rings. The van der Waals surface area contributed by atoms with Crippen molar-refractivity contribution >= 4 is 20.4 Å². The van der Waals surface area contributed by atoms with E-state index in [-0.39, 0.29) is 11.2 Å². The first-order valence-corrected chi connectivity index (χ1v) is 13.3. The van der Waals surface area contributed by atoms with Crippen molar-refractivity contribution in [3.8, 4) is 0 Å². The van der Waals surface area contributed by atoms with E-state index in [4.69, 9.17) is 9.31 Å². The fourth-order valence-electron chi connectivity index (χ4n) is 4.45. The molecule has 2 aliphatic rings. The maximum absolute atomic E-state index is 11.7. The Labute approximate surface area is 166 Å². The minimum absolute atomic E-state index is 0.368. The average molecular weight is 386 g/mol. The van der Waals surface area contributed by atoms with Gasteiger partial charge in [0.2, 0.25) is 0 Å². The van der Waals surface area contributed by atoms with Crippen molar-refractivity contribution in [3.63, 3.8) is 0 Å². The van der Waals surface area contributed by atoms with E-state index in [0.29, 0.717) is 0 Å². The molecule has 2 fully saturated rings. The molecule has 1 saturated heterocycles. The number of aliphatic hydroxyl groups is 1. The van der Waals surface area contributed by atoms with Gasteiger partial charge >= 0.3 is 7.12 Å². The van der Waals surface area contributed by atoms with Crippen LogP contribution in [0.3, 0.4) is 0 Å². The van der Waals surface area contributed by atoms with Crippen LogP contribution in [0.4, 0.5) is 0 Å². The van der Waals surface area contributed by atoms with Crippen LogP contribution in [0.1, 0.15) is 59.8 Å². The fourth-order valence-corrected chi connectivity index (χ4v) is 7.76. The van der Waals surface area contributed by atoms with E-state index in [1.165, 1.54) is 16.8 Å². The molecule has 1 N–H and O–H groups in total. The molecule has 0 bridgehead atoms. The Morgan fingerprint density at radius 2 is 1.48 bits per heavy atom. The van der Waals surface area contributed by atoms with E-state index in [1.54, 1.807) is 0 Å². The molecule has 1 aliphatic heterocycles. The van der Waals surface area contributed by atoms with Gasteiger partial charge in [-0.15, -0.1) is 0 Å². The lowest BCUT2D eigenvalue weighted by Crippen LogP contribution is -2.53. The maximum atomic E-state index is 11.7. The minimum atomic E-state index is -2.08. The van der Waals surface area contributed by atoms with Gasteiger partial charge in [-0.1, -0.05) is 79.0 Å². The topological polar surface area (TPSA) is 38.7 Å². The summed E-state index contributed by atoms with van der Waals surface area (Å²) in [6.07, 6.45) is 5.04. The Bertz CT molecular complexity index is 675. The largest absolute Gasteiger partial charge is 0.486 e. The monoisotopic (exact) mass is 386 g/mol. The van der Waals surface area contributed by atoms with E-state index in [9.17, 15) is 5.11 Å². The summed E-state index contributed by atoms with van der Waals surface area (Å²) in [6.45, 7) is 13.0. The van der Waals surface area contributed by atoms with Crippen LogP contribution in [0, 0.1) is 0 Å². The van der Waals surface area contributed by atoms with Gasteiger partial charge in [-0.05, 0) is 40.5 Å². The van der Waals surface area contributed by atoms with Crippen molar-refractivity contribution in [2.45, 2.75) is 89.7 Å². The van der Waals surface area contributed by atoms with Gasteiger partial charge in [0.15, 0.2) is 0 Å². The zero-order valence-electron chi connectivity index (χ0n) is 17.8. The quantitative estimate of drug-likeness (QED) is 0.780. The molecule has 3 nitrogen and oxygen atoms in total. The van der Waals surface area contributed by atoms with Gasteiger partial charge in [-0.3, -0.25) is 0 Å². The lowest BCUT2D eigenvalue weighted by molar-refractivity contribution is 0.00578. The Kier molecular flexibility index (Phi) is 5.54.